The van der Waals surface area contributed by atoms with Gasteiger partial charge in [0.2, 0.25) is 0 Å². The predicted octanol–water partition coefficient (Wildman–Crippen LogP) is 4.53. The first-order valence-corrected chi connectivity index (χ1v) is 7.92. The van der Waals surface area contributed by atoms with Crippen LogP contribution in [0.4, 0.5) is 0 Å². The smallest absolute Gasteiger partial charge is 0.176 e. The van der Waals surface area contributed by atoms with Crippen LogP contribution in [0.1, 0.15) is 56.5 Å². The van der Waals surface area contributed by atoms with Crippen LogP contribution in [0.2, 0.25) is 0 Å². The Morgan fingerprint density at radius 3 is 2.47 bits per heavy atom. The van der Waals surface area contributed by atoms with Crippen molar-refractivity contribution in [3.8, 4) is 5.75 Å². The molecule has 0 aliphatic rings. The zero-order chi connectivity index (χ0) is 14.4. The third kappa shape index (κ3) is 4.90. The zero-order valence-corrected chi connectivity index (χ0v) is 13.3. The third-order valence-corrected chi connectivity index (χ3v) is 3.91. The van der Waals surface area contributed by atoms with E-state index in [9.17, 15) is 4.79 Å². The van der Waals surface area contributed by atoms with Crippen LogP contribution in [0, 0.1) is 0 Å². The molecule has 0 aliphatic heterocycles. The molecular weight excluding hydrogens is 256 g/mol. The molecule has 0 N–H and O–H groups in total. The van der Waals surface area contributed by atoms with Crippen LogP contribution in [0.5, 0.6) is 5.75 Å². The van der Waals surface area contributed by atoms with Crippen molar-refractivity contribution in [2.24, 2.45) is 0 Å². The highest BCUT2D eigenvalue weighted by molar-refractivity contribution is 8.00. The molecule has 0 fully saturated rings. The molecule has 1 rings (SSSR count). The van der Waals surface area contributed by atoms with Gasteiger partial charge in [-0.25, -0.2) is 0 Å². The predicted molar refractivity (Wildman–Crippen MR) is 83.6 cm³/mol. The van der Waals surface area contributed by atoms with Crippen LogP contribution < -0.4 is 4.74 Å². The van der Waals surface area contributed by atoms with Gasteiger partial charge in [-0.1, -0.05) is 33.8 Å². The second-order valence-corrected chi connectivity index (χ2v) is 6.69. The summed E-state index contributed by atoms with van der Waals surface area (Å²) >= 11 is 1.67. The van der Waals surface area contributed by atoms with Crippen molar-refractivity contribution < 1.29 is 9.53 Å². The maximum Gasteiger partial charge on any atom is 0.176 e. The van der Waals surface area contributed by atoms with E-state index in [1.54, 1.807) is 11.8 Å². The average Bonchev–Trinajstić information content (AvgIpc) is 2.36. The fourth-order valence-electron chi connectivity index (χ4n) is 1.73. The van der Waals surface area contributed by atoms with Crippen molar-refractivity contribution >= 4 is 17.5 Å². The Labute approximate surface area is 120 Å². The third-order valence-electron chi connectivity index (χ3n) is 2.82. The molecule has 0 aliphatic carbocycles. The Kier molecular flexibility index (Phi) is 6.43. The lowest BCUT2D eigenvalue weighted by Gasteiger charge is -2.13. The van der Waals surface area contributed by atoms with Gasteiger partial charge in [-0.2, -0.15) is 11.8 Å². The van der Waals surface area contributed by atoms with Crippen molar-refractivity contribution in [1.82, 2.24) is 0 Å². The Morgan fingerprint density at radius 1 is 1.26 bits per heavy atom. The van der Waals surface area contributed by atoms with Gasteiger partial charge in [0.05, 0.1) is 17.9 Å². The molecule has 1 aromatic carbocycles. The maximum absolute atomic E-state index is 12.3. The average molecular weight is 280 g/mol. The van der Waals surface area contributed by atoms with E-state index in [0.29, 0.717) is 29.3 Å². The van der Waals surface area contributed by atoms with Gasteiger partial charge in [0.25, 0.3) is 0 Å². The van der Waals surface area contributed by atoms with Gasteiger partial charge in [-0.3, -0.25) is 4.79 Å². The molecule has 2 nitrogen and oxygen atoms in total. The molecule has 0 aromatic heterocycles. The first-order chi connectivity index (χ1) is 8.95. The molecule has 0 unspecified atom stereocenters. The summed E-state index contributed by atoms with van der Waals surface area (Å²) in [5.74, 6) is 1.80. The van der Waals surface area contributed by atoms with E-state index in [-0.39, 0.29) is 5.78 Å². The van der Waals surface area contributed by atoms with E-state index < -0.39 is 0 Å². The van der Waals surface area contributed by atoms with Gasteiger partial charge in [-0.15, -0.1) is 0 Å². The summed E-state index contributed by atoms with van der Waals surface area (Å²) in [6.45, 7) is 11.0. The normalized spacial score (nSPS) is 11.1. The monoisotopic (exact) mass is 280 g/mol. The van der Waals surface area contributed by atoms with Crippen LogP contribution in [0.25, 0.3) is 0 Å². The van der Waals surface area contributed by atoms with E-state index in [2.05, 4.69) is 27.7 Å². The maximum atomic E-state index is 12.3. The molecule has 106 valence electrons. The van der Waals surface area contributed by atoms with Gasteiger partial charge >= 0.3 is 0 Å². The molecule has 0 radical (unpaired) electrons. The molecule has 3 heteroatoms. The minimum absolute atomic E-state index is 0.157. The van der Waals surface area contributed by atoms with E-state index in [0.717, 1.165) is 5.56 Å². The van der Waals surface area contributed by atoms with Crippen molar-refractivity contribution in [3.05, 3.63) is 29.3 Å². The first kappa shape index (κ1) is 16.1. The quantitative estimate of drug-likeness (QED) is 0.686. The lowest BCUT2D eigenvalue weighted by atomic mass is 9.99. The lowest BCUT2D eigenvalue weighted by Crippen LogP contribution is -2.09. The van der Waals surface area contributed by atoms with Gasteiger partial charge in [0.15, 0.2) is 5.78 Å². The summed E-state index contributed by atoms with van der Waals surface area (Å²) in [7, 11) is 0. The van der Waals surface area contributed by atoms with E-state index in [1.165, 1.54) is 5.56 Å². The minimum atomic E-state index is 0.157. The number of hydrogen-bond acceptors (Lipinski definition) is 3. The highest BCUT2D eigenvalue weighted by Crippen LogP contribution is 2.26. The van der Waals surface area contributed by atoms with Crippen LogP contribution in [0.3, 0.4) is 0 Å². The van der Waals surface area contributed by atoms with Crippen molar-refractivity contribution in [2.75, 3.05) is 12.4 Å². The number of carbonyl (C=O) groups is 1. The number of Topliss-reactive ketones (excluding diaryl/α,β-unsaturated/α-hetero) is 1. The summed E-state index contributed by atoms with van der Waals surface area (Å²) in [6.07, 6.45) is 0. The van der Waals surface area contributed by atoms with Gasteiger partial charge < -0.3 is 4.74 Å². The highest BCUT2D eigenvalue weighted by atomic mass is 32.2. The van der Waals surface area contributed by atoms with E-state index >= 15 is 0 Å². The van der Waals surface area contributed by atoms with E-state index in [4.69, 9.17) is 4.74 Å². The second kappa shape index (κ2) is 7.59. The molecule has 0 saturated carbocycles. The standard InChI is InChI=1S/C16H24O2S/c1-6-18-16-8-7-13(11(2)3)9-14(16)15(17)10-19-12(4)5/h7-9,11-12H,6,10H2,1-5H3. The summed E-state index contributed by atoms with van der Waals surface area (Å²) in [5, 5.41) is 0.466. The number of ketones is 1. The number of benzene rings is 1. The fraction of sp³-hybridized carbons (Fsp3) is 0.562. The number of ether oxygens (including phenoxy) is 1. The minimum Gasteiger partial charge on any atom is -0.493 e. The van der Waals surface area contributed by atoms with Crippen molar-refractivity contribution in [1.29, 1.82) is 0 Å². The molecule has 19 heavy (non-hydrogen) atoms. The van der Waals surface area contributed by atoms with Gasteiger partial charge in [-0.05, 0) is 35.8 Å². The molecular formula is C16H24O2S. The van der Waals surface area contributed by atoms with Crippen molar-refractivity contribution in [2.45, 2.75) is 45.8 Å². The van der Waals surface area contributed by atoms with Crippen LogP contribution in [-0.2, 0) is 0 Å². The molecule has 0 amide bonds. The summed E-state index contributed by atoms with van der Waals surface area (Å²) < 4.78 is 5.57. The van der Waals surface area contributed by atoms with Crippen LogP contribution in [0.15, 0.2) is 18.2 Å². The Bertz CT molecular complexity index is 425. The van der Waals surface area contributed by atoms with Crippen molar-refractivity contribution in [3.63, 3.8) is 0 Å². The number of carbonyl (C=O) groups excluding carboxylic acids is 1. The van der Waals surface area contributed by atoms with Crippen LogP contribution >= 0.6 is 11.8 Å². The van der Waals surface area contributed by atoms with Gasteiger partial charge in [0.1, 0.15) is 5.75 Å². The number of thioether (sulfide) groups is 1. The largest absolute Gasteiger partial charge is 0.493 e. The first-order valence-electron chi connectivity index (χ1n) is 6.87. The Balaban J connectivity index is 2.99. The topological polar surface area (TPSA) is 26.3 Å². The summed E-state index contributed by atoms with van der Waals surface area (Å²) in [4.78, 5) is 12.3. The van der Waals surface area contributed by atoms with Gasteiger partial charge in [0, 0.05) is 0 Å². The molecule has 0 atom stereocenters. The SMILES string of the molecule is CCOc1ccc(C(C)C)cc1C(=O)CSC(C)C. The zero-order valence-electron chi connectivity index (χ0n) is 12.5. The summed E-state index contributed by atoms with van der Waals surface area (Å²) in [5.41, 5.74) is 1.91. The Hall–Kier alpha value is -0.960. The number of rotatable bonds is 7. The Morgan fingerprint density at radius 2 is 1.95 bits per heavy atom. The molecule has 1 aromatic rings. The second-order valence-electron chi connectivity index (χ2n) is 5.13. The number of hydrogen-bond donors (Lipinski definition) is 0. The molecule has 0 saturated heterocycles. The van der Waals surface area contributed by atoms with Crippen LogP contribution in [-0.4, -0.2) is 23.4 Å². The molecule has 0 heterocycles. The summed E-state index contributed by atoms with van der Waals surface area (Å²) in [6, 6.07) is 5.95. The lowest BCUT2D eigenvalue weighted by molar-refractivity contribution is 0.101. The van der Waals surface area contributed by atoms with E-state index in [1.807, 2.05) is 25.1 Å². The molecule has 0 bridgehead atoms. The fourth-order valence-corrected chi connectivity index (χ4v) is 2.37. The molecule has 0 spiro atoms. The highest BCUT2D eigenvalue weighted by Gasteiger charge is 2.15.